The summed E-state index contributed by atoms with van der Waals surface area (Å²) in [7, 11) is 0. The molecule has 1 fully saturated rings. The van der Waals surface area contributed by atoms with Gasteiger partial charge in [0.1, 0.15) is 0 Å². The molecular formula is C22H31NO4. The molecule has 148 valence electrons. The van der Waals surface area contributed by atoms with Gasteiger partial charge in [0.2, 0.25) is 5.91 Å². The second-order valence-electron chi connectivity index (χ2n) is 7.25. The van der Waals surface area contributed by atoms with Crippen molar-refractivity contribution in [2.75, 3.05) is 6.54 Å². The van der Waals surface area contributed by atoms with Gasteiger partial charge in [0.25, 0.3) is 0 Å². The standard InChI is InChI=1S/C22H31NO4/c24-20(17-18-9-4-3-5-10-18)15-14-19-11-8-12-21(25)23(19)16-7-2-1-6-13-22(26)27/h3-5,9-10,14-15,19-20,24H,1-2,6-8,11-13,16-17H2,(H,26,27)/b15-14+/t19-,20-/m1/s1. The number of hydrogen-bond donors (Lipinski definition) is 2. The van der Waals surface area contributed by atoms with Crippen LogP contribution in [0.15, 0.2) is 42.5 Å². The molecule has 1 saturated heterocycles. The minimum Gasteiger partial charge on any atom is -0.481 e. The van der Waals surface area contributed by atoms with E-state index < -0.39 is 12.1 Å². The van der Waals surface area contributed by atoms with Crippen molar-refractivity contribution >= 4 is 11.9 Å². The molecule has 5 heteroatoms. The van der Waals surface area contributed by atoms with Gasteiger partial charge in [0.05, 0.1) is 12.1 Å². The number of likely N-dealkylation sites (tertiary alicyclic amines) is 1. The maximum atomic E-state index is 12.3. The van der Waals surface area contributed by atoms with Crippen molar-refractivity contribution in [1.82, 2.24) is 4.90 Å². The first-order valence-electron chi connectivity index (χ1n) is 9.98. The Morgan fingerprint density at radius 3 is 2.67 bits per heavy atom. The first-order chi connectivity index (χ1) is 13.1. The number of aliphatic hydroxyl groups is 1. The molecule has 1 aromatic carbocycles. The summed E-state index contributed by atoms with van der Waals surface area (Å²) in [6.45, 7) is 0.704. The van der Waals surface area contributed by atoms with Gasteiger partial charge in [-0.3, -0.25) is 9.59 Å². The minimum atomic E-state index is -0.750. The second kappa shape index (κ2) is 11.5. The van der Waals surface area contributed by atoms with Crippen LogP contribution in [-0.2, 0) is 16.0 Å². The molecule has 2 N–H and O–H groups in total. The summed E-state index contributed by atoms with van der Waals surface area (Å²) in [5.41, 5.74) is 1.09. The molecule has 0 aliphatic carbocycles. The van der Waals surface area contributed by atoms with E-state index in [1.54, 1.807) is 0 Å². The zero-order chi connectivity index (χ0) is 19.5. The van der Waals surface area contributed by atoms with Gasteiger partial charge >= 0.3 is 5.97 Å². The van der Waals surface area contributed by atoms with Crippen LogP contribution < -0.4 is 0 Å². The molecule has 1 aliphatic rings. The lowest BCUT2D eigenvalue weighted by Gasteiger charge is -2.34. The molecule has 0 radical (unpaired) electrons. The number of carbonyl (C=O) groups excluding carboxylic acids is 1. The van der Waals surface area contributed by atoms with Crippen molar-refractivity contribution in [3.05, 3.63) is 48.0 Å². The lowest BCUT2D eigenvalue weighted by Crippen LogP contribution is -2.43. The fourth-order valence-corrected chi connectivity index (χ4v) is 3.53. The van der Waals surface area contributed by atoms with Crippen LogP contribution >= 0.6 is 0 Å². The lowest BCUT2D eigenvalue weighted by molar-refractivity contribution is -0.137. The molecule has 27 heavy (non-hydrogen) atoms. The average molecular weight is 373 g/mol. The van der Waals surface area contributed by atoms with Crippen LogP contribution in [0.1, 0.15) is 56.9 Å². The smallest absolute Gasteiger partial charge is 0.303 e. The summed E-state index contributed by atoms with van der Waals surface area (Å²) in [6.07, 6.45) is 9.84. The fraction of sp³-hybridized carbons (Fsp3) is 0.545. The molecule has 5 nitrogen and oxygen atoms in total. The maximum absolute atomic E-state index is 12.3. The number of rotatable bonds is 11. The van der Waals surface area contributed by atoms with E-state index in [4.69, 9.17) is 5.11 Å². The minimum absolute atomic E-state index is 0.0516. The van der Waals surface area contributed by atoms with Gasteiger partial charge in [0, 0.05) is 25.8 Å². The number of carboxylic acids is 1. The first-order valence-corrected chi connectivity index (χ1v) is 9.98. The Balaban J connectivity index is 1.79. The first kappa shape index (κ1) is 21.2. The maximum Gasteiger partial charge on any atom is 0.303 e. The Hall–Kier alpha value is -2.14. The summed E-state index contributed by atoms with van der Waals surface area (Å²) in [4.78, 5) is 24.8. The molecule has 1 aromatic rings. The van der Waals surface area contributed by atoms with Crippen molar-refractivity contribution in [2.24, 2.45) is 0 Å². The van der Waals surface area contributed by atoms with Crippen LogP contribution in [0.25, 0.3) is 0 Å². The number of hydrogen-bond acceptors (Lipinski definition) is 3. The van der Waals surface area contributed by atoms with Gasteiger partial charge in [-0.15, -0.1) is 0 Å². The lowest BCUT2D eigenvalue weighted by atomic mass is 9.99. The topological polar surface area (TPSA) is 77.8 Å². The molecule has 1 heterocycles. The van der Waals surface area contributed by atoms with E-state index in [0.29, 0.717) is 25.8 Å². The molecule has 0 aromatic heterocycles. The van der Waals surface area contributed by atoms with E-state index in [-0.39, 0.29) is 18.4 Å². The van der Waals surface area contributed by atoms with Crippen molar-refractivity contribution in [2.45, 2.75) is 69.9 Å². The molecule has 0 spiro atoms. The highest BCUT2D eigenvalue weighted by molar-refractivity contribution is 5.77. The molecule has 2 rings (SSSR count). The number of amides is 1. The normalized spacial score (nSPS) is 18.8. The van der Waals surface area contributed by atoms with Crippen LogP contribution in [0.4, 0.5) is 0 Å². The number of aliphatic carboxylic acids is 1. The van der Waals surface area contributed by atoms with E-state index in [0.717, 1.165) is 37.7 Å². The number of aliphatic hydroxyl groups excluding tert-OH is 1. The summed E-state index contributed by atoms with van der Waals surface area (Å²) >= 11 is 0. The van der Waals surface area contributed by atoms with Crippen LogP contribution in [-0.4, -0.2) is 45.7 Å². The number of carboxylic acid groups (broad SMARTS) is 1. The third kappa shape index (κ3) is 7.95. The highest BCUT2D eigenvalue weighted by Gasteiger charge is 2.25. The van der Waals surface area contributed by atoms with E-state index >= 15 is 0 Å². The average Bonchev–Trinajstić information content (AvgIpc) is 2.65. The highest BCUT2D eigenvalue weighted by Crippen LogP contribution is 2.21. The van der Waals surface area contributed by atoms with Crippen molar-refractivity contribution in [3.8, 4) is 0 Å². The van der Waals surface area contributed by atoms with Crippen molar-refractivity contribution in [3.63, 3.8) is 0 Å². The third-order valence-corrected chi connectivity index (χ3v) is 4.99. The van der Waals surface area contributed by atoms with Gasteiger partial charge in [-0.25, -0.2) is 0 Å². The molecule has 2 atom stereocenters. The summed E-state index contributed by atoms with van der Waals surface area (Å²) in [6, 6.07) is 9.93. The van der Waals surface area contributed by atoms with Gasteiger partial charge in [0.15, 0.2) is 0 Å². The quantitative estimate of drug-likeness (QED) is 0.459. The number of piperidine rings is 1. The summed E-state index contributed by atoms with van der Waals surface area (Å²) < 4.78 is 0. The molecule has 0 unspecified atom stereocenters. The molecule has 0 saturated carbocycles. The van der Waals surface area contributed by atoms with Gasteiger partial charge < -0.3 is 15.1 Å². The Bertz CT molecular complexity index is 614. The van der Waals surface area contributed by atoms with Gasteiger partial charge in [-0.1, -0.05) is 55.3 Å². The number of nitrogens with zero attached hydrogens (tertiary/aromatic N) is 1. The van der Waals surface area contributed by atoms with Gasteiger partial charge in [-0.05, 0) is 31.2 Å². The van der Waals surface area contributed by atoms with E-state index in [1.165, 1.54) is 0 Å². The van der Waals surface area contributed by atoms with Crippen LogP contribution in [0, 0.1) is 0 Å². The van der Waals surface area contributed by atoms with Crippen LogP contribution in [0.5, 0.6) is 0 Å². The summed E-state index contributed by atoms with van der Waals surface area (Å²) in [5.74, 6) is -0.570. The third-order valence-electron chi connectivity index (χ3n) is 4.99. The molecule has 1 aliphatic heterocycles. The molecular weight excluding hydrogens is 342 g/mol. The molecule has 1 amide bonds. The van der Waals surface area contributed by atoms with E-state index in [2.05, 4.69) is 0 Å². The number of benzene rings is 1. The Morgan fingerprint density at radius 2 is 1.93 bits per heavy atom. The fourth-order valence-electron chi connectivity index (χ4n) is 3.53. The number of unbranched alkanes of at least 4 members (excludes halogenated alkanes) is 3. The van der Waals surface area contributed by atoms with E-state index in [1.807, 2.05) is 47.4 Å². The Morgan fingerprint density at radius 1 is 1.19 bits per heavy atom. The van der Waals surface area contributed by atoms with Crippen LogP contribution in [0.2, 0.25) is 0 Å². The largest absolute Gasteiger partial charge is 0.481 e. The zero-order valence-corrected chi connectivity index (χ0v) is 15.9. The SMILES string of the molecule is O=C(O)CCCCCCN1C(=O)CCC[C@@H]1/C=C/[C@@H](O)Cc1ccccc1. The highest BCUT2D eigenvalue weighted by atomic mass is 16.4. The van der Waals surface area contributed by atoms with E-state index in [9.17, 15) is 14.7 Å². The van der Waals surface area contributed by atoms with Gasteiger partial charge in [-0.2, -0.15) is 0 Å². The number of carbonyl (C=O) groups is 2. The second-order valence-corrected chi connectivity index (χ2v) is 7.25. The predicted molar refractivity (Wildman–Crippen MR) is 105 cm³/mol. The Kier molecular flexibility index (Phi) is 9.05. The van der Waals surface area contributed by atoms with Crippen molar-refractivity contribution in [1.29, 1.82) is 0 Å². The zero-order valence-electron chi connectivity index (χ0n) is 15.9. The predicted octanol–water partition coefficient (Wildman–Crippen LogP) is 3.56. The Labute approximate surface area is 161 Å². The summed E-state index contributed by atoms with van der Waals surface area (Å²) in [5, 5.41) is 18.9. The monoisotopic (exact) mass is 373 g/mol. The van der Waals surface area contributed by atoms with Crippen LogP contribution in [0.3, 0.4) is 0 Å². The van der Waals surface area contributed by atoms with Crippen molar-refractivity contribution < 1.29 is 19.8 Å². The molecule has 0 bridgehead atoms.